The minimum absolute atomic E-state index is 0.181. The monoisotopic (exact) mass is 321 g/mol. The number of likely N-dealkylation sites (tertiary alicyclic amines) is 1. The van der Waals surface area contributed by atoms with Crippen molar-refractivity contribution in [1.29, 1.82) is 0 Å². The van der Waals surface area contributed by atoms with Gasteiger partial charge in [-0.1, -0.05) is 20.8 Å². The van der Waals surface area contributed by atoms with E-state index < -0.39 is 5.97 Å². The van der Waals surface area contributed by atoms with Crippen molar-refractivity contribution in [3.05, 3.63) is 18.0 Å². The molecule has 1 atom stereocenters. The zero-order chi connectivity index (χ0) is 17.0. The summed E-state index contributed by atoms with van der Waals surface area (Å²) in [6.45, 7) is 7.95. The summed E-state index contributed by atoms with van der Waals surface area (Å²) >= 11 is 0. The predicted molar refractivity (Wildman–Crippen MR) is 87.3 cm³/mol. The van der Waals surface area contributed by atoms with Crippen molar-refractivity contribution in [3.63, 3.8) is 0 Å². The van der Waals surface area contributed by atoms with Gasteiger partial charge in [0.1, 0.15) is 0 Å². The second kappa shape index (κ2) is 7.62. The number of carbonyl (C=O) groups excluding carboxylic acids is 1. The Hall–Kier alpha value is -1.85. The summed E-state index contributed by atoms with van der Waals surface area (Å²) in [6, 6.07) is 0.181. The molecule has 0 spiro atoms. The van der Waals surface area contributed by atoms with Gasteiger partial charge in [-0.05, 0) is 31.1 Å². The van der Waals surface area contributed by atoms with Gasteiger partial charge in [0, 0.05) is 25.7 Å². The molecule has 0 radical (unpaired) electrons. The molecular formula is C17H27N3O3. The molecule has 1 N–H and O–H groups in total. The van der Waals surface area contributed by atoms with Crippen molar-refractivity contribution in [2.75, 3.05) is 13.1 Å². The first-order valence-corrected chi connectivity index (χ1v) is 8.42. The Morgan fingerprint density at radius 3 is 2.48 bits per heavy atom. The molecule has 128 valence electrons. The summed E-state index contributed by atoms with van der Waals surface area (Å²) in [5, 5.41) is 13.1. The second-order valence-corrected chi connectivity index (χ2v) is 7.06. The van der Waals surface area contributed by atoms with Gasteiger partial charge in [-0.2, -0.15) is 5.10 Å². The van der Waals surface area contributed by atoms with E-state index in [0.29, 0.717) is 18.3 Å². The van der Waals surface area contributed by atoms with Gasteiger partial charge in [-0.15, -0.1) is 0 Å². The molecule has 2 heterocycles. The van der Waals surface area contributed by atoms with Crippen LogP contribution in [0.1, 0.15) is 62.9 Å². The highest BCUT2D eigenvalue weighted by Crippen LogP contribution is 2.24. The Kier molecular flexibility index (Phi) is 5.80. The molecule has 0 saturated carbocycles. The molecule has 6 nitrogen and oxygen atoms in total. The van der Waals surface area contributed by atoms with Gasteiger partial charge >= 0.3 is 5.97 Å². The molecule has 0 aliphatic carbocycles. The molecule has 1 amide bonds. The lowest BCUT2D eigenvalue weighted by Crippen LogP contribution is -2.39. The topological polar surface area (TPSA) is 75.4 Å². The van der Waals surface area contributed by atoms with E-state index in [1.165, 1.54) is 6.20 Å². The third kappa shape index (κ3) is 4.81. The molecule has 1 unspecified atom stereocenters. The van der Waals surface area contributed by atoms with Crippen LogP contribution in [-0.2, 0) is 4.79 Å². The van der Waals surface area contributed by atoms with E-state index in [1.807, 2.05) is 4.90 Å². The van der Waals surface area contributed by atoms with Crippen LogP contribution in [-0.4, -0.2) is 44.8 Å². The first-order chi connectivity index (χ1) is 10.9. The van der Waals surface area contributed by atoms with Crippen LogP contribution in [0, 0.1) is 11.8 Å². The van der Waals surface area contributed by atoms with E-state index in [4.69, 9.17) is 5.11 Å². The molecule has 1 aromatic heterocycles. The molecule has 0 bridgehead atoms. The summed E-state index contributed by atoms with van der Waals surface area (Å²) < 4.78 is 1.73. The Balaban J connectivity index is 1.83. The number of rotatable bonds is 6. The van der Waals surface area contributed by atoms with Crippen molar-refractivity contribution in [2.45, 2.75) is 52.5 Å². The van der Waals surface area contributed by atoms with Crippen molar-refractivity contribution in [1.82, 2.24) is 14.7 Å². The lowest BCUT2D eigenvalue weighted by atomic mass is 9.95. The molecule has 1 aliphatic rings. The number of hydrogen-bond acceptors (Lipinski definition) is 3. The molecule has 0 aromatic carbocycles. The summed E-state index contributed by atoms with van der Waals surface area (Å²) in [4.78, 5) is 25.2. The van der Waals surface area contributed by atoms with E-state index in [9.17, 15) is 9.59 Å². The molecule has 1 aliphatic heterocycles. The highest BCUT2D eigenvalue weighted by Gasteiger charge is 2.25. The quantitative estimate of drug-likeness (QED) is 0.874. The molecular weight excluding hydrogens is 294 g/mol. The van der Waals surface area contributed by atoms with Crippen molar-refractivity contribution < 1.29 is 14.7 Å². The number of carboxylic acids is 1. The Labute approximate surface area is 137 Å². The van der Waals surface area contributed by atoms with Gasteiger partial charge < -0.3 is 10.0 Å². The van der Waals surface area contributed by atoms with Gasteiger partial charge in [0.2, 0.25) is 5.91 Å². The fraction of sp³-hybridized carbons (Fsp3) is 0.706. The largest absolute Gasteiger partial charge is 0.478 e. The summed E-state index contributed by atoms with van der Waals surface area (Å²) in [5.74, 6) is 0.322. The van der Waals surface area contributed by atoms with Gasteiger partial charge in [0.15, 0.2) is 0 Å². The summed E-state index contributed by atoms with van der Waals surface area (Å²) in [7, 11) is 0. The number of hydrogen-bond donors (Lipinski definition) is 1. The Morgan fingerprint density at radius 1 is 1.30 bits per heavy atom. The summed E-state index contributed by atoms with van der Waals surface area (Å²) in [6.07, 6.45) is 6.31. The fourth-order valence-corrected chi connectivity index (χ4v) is 3.34. The molecule has 1 saturated heterocycles. The minimum Gasteiger partial charge on any atom is -0.478 e. The smallest absolute Gasteiger partial charge is 0.338 e. The van der Waals surface area contributed by atoms with Crippen molar-refractivity contribution >= 4 is 11.9 Å². The number of aromatic carboxylic acids is 1. The number of carboxylic acid groups (broad SMARTS) is 1. The average Bonchev–Trinajstić information content (AvgIpc) is 2.96. The van der Waals surface area contributed by atoms with Crippen LogP contribution in [0.25, 0.3) is 0 Å². The van der Waals surface area contributed by atoms with Gasteiger partial charge in [0.25, 0.3) is 0 Å². The zero-order valence-electron chi connectivity index (χ0n) is 14.2. The van der Waals surface area contributed by atoms with Crippen molar-refractivity contribution in [3.8, 4) is 0 Å². The lowest BCUT2D eigenvalue weighted by molar-refractivity contribution is -0.133. The predicted octanol–water partition coefficient (Wildman–Crippen LogP) is 2.82. The van der Waals surface area contributed by atoms with Crippen LogP contribution in [0.2, 0.25) is 0 Å². The minimum atomic E-state index is -0.956. The maximum atomic E-state index is 12.4. The second-order valence-electron chi connectivity index (χ2n) is 7.06. The van der Waals surface area contributed by atoms with Crippen molar-refractivity contribution in [2.24, 2.45) is 11.8 Å². The normalized spacial score (nSPS) is 17.5. The molecule has 1 fully saturated rings. The molecule has 23 heavy (non-hydrogen) atoms. The van der Waals surface area contributed by atoms with E-state index in [1.54, 1.807) is 10.9 Å². The van der Waals surface area contributed by atoms with Crippen LogP contribution >= 0.6 is 0 Å². The van der Waals surface area contributed by atoms with Gasteiger partial charge in [-0.25, -0.2) is 4.79 Å². The zero-order valence-corrected chi connectivity index (χ0v) is 14.2. The van der Waals surface area contributed by atoms with E-state index in [-0.39, 0.29) is 17.5 Å². The lowest BCUT2D eigenvalue weighted by Gasteiger charge is -2.33. The van der Waals surface area contributed by atoms with E-state index >= 15 is 0 Å². The van der Waals surface area contributed by atoms with Crippen LogP contribution in [0.3, 0.4) is 0 Å². The highest BCUT2D eigenvalue weighted by atomic mass is 16.4. The Morgan fingerprint density at radius 2 is 1.96 bits per heavy atom. The maximum absolute atomic E-state index is 12.4. The Bertz CT molecular complexity index is 545. The highest BCUT2D eigenvalue weighted by molar-refractivity contribution is 5.86. The van der Waals surface area contributed by atoms with Crippen LogP contribution in [0.5, 0.6) is 0 Å². The third-order valence-electron chi connectivity index (χ3n) is 4.44. The average molecular weight is 321 g/mol. The van der Waals surface area contributed by atoms with Gasteiger partial charge in [-0.3, -0.25) is 9.48 Å². The first kappa shape index (κ1) is 17.5. The SMILES string of the molecule is CC(C)CC(C)CC(=O)N1CCC(n2cc(C(=O)O)cn2)CC1. The number of nitrogens with zero attached hydrogens (tertiary/aromatic N) is 3. The molecule has 6 heteroatoms. The number of amides is 1. The standard InChI is InChI=1S/C17H27N3O3/c1-12(2)8-13(3)9-16(21)19-6-4-15(5-7-19)20-11-14(10-18-20)17(22)23/h10-13,15H,4-9H2,1-3H3,(H,22,23). The number of aromatic nitrogens is 2. The molecule has 2 rings (SSSR count). The van der Waals surface area contributed by atoms with E-state index in [2.05, 4.69) is 25.9 Å². The van der Waals surface area contributed by atoms with Crippen LogP contribution < -0.4 is 0 Å². The number of piperidine rings is 1. The maximum Gasteiger partial charge on any atom is 0.338 e. The molecule has 1 aromatic rings. The third-order valence-corrected chi connectivity index (χ3v) is 4.44. The fourth-order valence-electron chi connectivity index (χ4n) is 3.34. The van der Waals surface area contributed by atoms with Crippen LogP contribution in [0.15, 0.2) is 12.4 Å². The number of carbonyl (C=O) groups is 2. The van der Waals surface area contributed by atoms with Crippen LogP contribution in [0.4, 0.5) is 0 Å². The van der Waals surface area contributed by atoms with Gasteiger partial charge in [0.05, 0.1) is 17.8 Å². The van der Waals surface area contributed by atoms with E-state index in [0.717, 1.165) is 32.4 Å². The first-order valence-electron chi connectivity index (χ1n) is 8.42. The summed E-state index contributed by atoms with van der Waals surface area (Å²) in [5.41, 5.74) is 0.214.